The van der Waals surface area contributed by atoms with Crippen LogP contribution < -0.4 is 11.1 Å². The lowest BCUT2D eigenvalue weighted by Crippen LogP contribution is -2.35. The molecular formula is C20H22N6O. The zero-order chi connectivity index (χ0) is 18.6. The van der Waals surface area contributed by atoms with Gasteiger partial charge in [0.25, 0.3) is 5.91 Å². The van der Waals surface area contributed by atoms with Crippen molar-refractivity contribution in [3.63, 3.8) is 0 Å². The molecule has 1 aliphatic heterocycles. The van der Waals surface area contributed by atoms with E-state index in [0.29, 0.717) is 11.4 Å². The predicted molar refractivity (Wildman–Crippen MR) is 102 cm³/mol. The molecule has 0 saturated heterocycles. The Hall–Kier alpha value is -3.22. The Balaban J connectivity index is 1.41. The Morgan fingerprint density at radius 2 is 2.00 bits per heavy atom. The summed E-state index contributed by atoms with van der Waals surface area (Å²) in [5.41, 5.74) is 7.33. The number of carbonyl (C=O) groups is 1. The number of nitrogens with zero attached hydrogens (tertiary/aromatic N) is 4. The van der Waals surface area contributed by atoms with Crippen LogP contribution in [0.25, 0.3) is 0 Å². The highest BCUT2D eigenvalue weighted by atomic mass is 16.1. The molecule has 0 saturated carbocycles. The number of anilines is 1. The largest absolute Gasteiger partial charge is 0.384 e. The van der Waals surface area contributed by atoms with Gasteiger partial charge in [-0.25, -0.2) is 4.98 Å². The quantitative estimate of drug-likeness (QED) is 0.739. The number of hydrogen-bond acceptors (Lipinski definition) is 5. The Labute approximate surface area is 157 Å². The fourth-order valence-electron chi connectivity index (χ4n) is 3.41. The standard InChI is InChI=1S/C20H22N6O/c21-17-8-6-15(13-22-17)20(27)23-16-7-9-18-24-25-19(26(18)11-10-16)12-14-4-2-1-3-5-14/h1-6,8,13,16H,7,9-12H2,(H2,21,22)(H,23,27). The van der Waals surface area contributed by atoms with E-state index in [4.69, 9.17) is 5.73 Å². The van der Waals surface area contributed by atoms with Gasteiger partial charge in [0.05, 0.1) is 5.56 Å². The first-order valence-corrected chi connectivity index (χ1v) is 9.16. The van der Waals surface area contributed by atoms with E-state index in [2.05, 4.69) is 37.2 Å². The fraction of sp³-hybridized carbons (Fsp3) is 0.300. The Morgan fingerprint density at radius 3 is 2.78 bits per heavy atom. The average Bonchev–Trinajstić information content (AvgIpc) is 2.95. The molecule has 7 heteroatoms. The van der Waals surface area contributed by atoms with Gasteiger partial charge in [0.2, 0.25) is 0 Å². The van der Waals surface area contributed by atoms with E-state index in [-0.39, 0.29) is 11.9 Å². The first kappa shape index (κ1) is 17.2. The molecule has 1 unspecified atom stereocenters. The second-order valence-electron chi connectivity index (χ2n) is 6.82. The first-order chi connectivity index (χ1) is 13.2. The van der Waals surface area contributed by atoms with Crippen LogP contribution in [0.3, 0.4) is 0 Å². The number of carbonyl (C=O) groups excluding carboxylic acids is 1. The Bertz CT molecular complexity index is 919. The van der Waals surface area contributed by atoms with Crippen LogP contribution in [-0.2, 0) is 19.4 Å². The van der Waals surface area contributed by atoms with Crippen molar-refractivity contribution < 1.29 is 4.79 Å². The molecule has 0 spiro atoms. The Kier molecular flexibility index (Phi) is 4.82. The van der Waals surface area contributed by atoms with E-state index < -0.39 is 0 Å². The minimum absolute atomic E-state index is 0.0985. The molecule has 1 amide bonds. The fourth-order valence-corrected chi connectivity index (χ4v) is 3.41. The topological polar surface area (TPSA) is 98.7 Å². The second kappa shape index (κ2) is 7.57. The summed E-state index contributed by atoms with van der Waals surface area (Å²) < 4.78 is 2.20. The van der Waals surface area contributed by atoms with Gasteiger partial charge in [0.1, 0.15) is 17.5 Å². The molecule has 1 atom stereocenters. The summed E-state index contributed by atoms with van der Waals surface area (Å²) in [5, 5.41) is 11.9. The SMILES string of the molecule is Nc1ccc(C(=O)NC2CCc3nnc(Cc4ccccc4)n3CC2)cn1. The molecule has 4 rings (SSSR count). The van der Waals surface area contributed by atoms with E-state index in [1.165, 1.54) is 11.8 Å². The van der Waals surface area contributed by atoms with E-state index >= 15 is 0 Å². The van der Waals surface area contributed by atoms with Crippen molar-refractivity contribution in [1.29, 1.82) is 0 Å². The van der Waals surface area contributed by atoms with Crippen molar-refractivity contribution in [2.75, 3.05) is 5.73 Å². The first-order valence-electron chi connectivity index (χ1n) is 9.16. The molecule has 2 aromatic heterocycles. The number of nitrogens with two attached hydrogens (primary N) is 1. The normalized spacial score (nSPS) is 16.4. The highest BCUT2D eigenvalue weighted by Crippen LogP contribution is 2.18. The Morgan fingerprint density at radius 1 is 1.15 bits per heavy atom. The zero-order valence-corrected chi connectivity index (χ0v) is 15.0. The van der Waals surface area contributed by atoms with Crippen LogP contribution in [0.15, 0.2) is 48.7 Å². The maximum absolute atomic E-state index is 12.4. The van der Waals surface area contributed by atoms with Gasteiger partial charge in [-0.3, -0.25) is 4.79 Å². The molecule has 27 heavy (non-hydrogen) atoms. The van der Waals surface area contributed by atoms with Crippen LogP contribution in [0.5, 0.6) is 0 Å². The van der Waals surface area contributed by atoms with Crippen LogP contribution in [0.4, 0.5) is 5.82 Å². The lowest BCUT2D eigenvalue weighted by molar-refractivity contribution is 0.0932. The summed E-state index contributed by atoms with van der Waals surface area (Å²) in [5.74, 6) is 2.26. The highest BCUT2D eigenvalue weighted by molar-refractivity contribution is 5.94. The van der Waals surface area contributed by atoms with Crippen molar-refractivity contribution in [1.82, 2.24) is 25.1 Å². The van der Waals surface area contributed by atoms with Crippen molar-refractivity contribution in [2.24, 2.45) is 0 Å². The average molecular weight is 362 g/mol. The van der Waals surface area contributed by atoms with Crippen molar-refractivity contribution in [3.8, 4) is 0 Å². The summed E-state index contributed by atoms with van der Waals surface area (Å²) in [7, 11) is 0. The number of benzene rings is 1. The van der Waals surface area contributed by atoms with Gasteiger partial charge in [-0.2, -0.15) is 0 Å². The number of nitrogen functional groups attached to an aromatic ring is 1. The summed E-state index contributed by atoms with van der Waals surface area (Å²) in [6, 6.07) is 13.7. The number of rotatable bonds is 4. The van der Waals surface area contributed by atoms with Crippen LogP contribution in [-0.4, -0.2) is 31.7 Å². The molecule has 0 radical (unpaired) electrons. The lowest BCUT2D eigenvalue weighted by atomic mass is 10.1. The third kappa shape index (κ3) is 3.97. The van der Waals surface area contributed by atoms with Gasteiger partial charge in [0.15, 0.2) is 0 Å². The molecule has 1 aliphatic rings. The number of aryl methyl sites for hydroxylation is 1. The summed E-state index contributed by atoms with van der Waals surface area (Å²) in [6.45, 7) is 0.801. The number of fused-ring (bicyclic) bond motifs is 1. The number of aromatic nitrogens is 4. The maximum atomic E-state index is 12.4. The molecule has 138 valence electrons. The van der Waals surface area contributed by atoms with Crippen LogP contribution in [0, 0.1) is 0 Å². The maximum Gasteiger partial charge on any atom is 0.253 e. The molecule has 0 aliphatic carbocycles. The van der Waals surface area contributed by atoms with Crippen LogP contribution in [0.1, 0.15) is 40.4 Å². The van der Waals surface area contributed by atoms with Gasteiger partial charge in [-0.15, -0.1) is 10.2 Å². The molecule has 0 bridgehead atoms. The minimum Gasteiger partial charge on any atom is -0.384 e. The van der Waals surface area contributed by atoms with Gasteiger partial charge in [-0.1, -0.05) is 30.3 Å². The van der Waals surface area contributed by atoms with E-state index in [1.807, 2.05) is 18.2 Å². The van der Waals surface area contributed by atoms with Crippen molar-refractivity contribution in [3.05, 3.63) is 71.4 Å². The molecular weight excluding hydrogens is 340 g/mol. The molecule has 0 fully saturated rings. The van der Waals surface area contributed by atoms with Gasteiger partial charge in [-0.05, 0) is 30.5 Å². The number of hydrogen-bond donors (Lipinski definition) is 2. The molecule has 3 heterocycles. The summed E-state index contributed by atoms with van der Waals surface area (Å²) in [4.78, 5) is 16.4. The summed E-state index contributed by atoms with van der Waals surface area (Å²) >= 11 is 0. The van der Waals surface area contributed by atoms with Crippen molar-refractivity contribution in [2.45, 2.75) is 38.3 Å². The van der Waals surface area contributed by atoms with E-state index in [1.54, 1.807) is 12.1 Å². The highest BCUT2D eigenvalue weighted by Gasteiger charge is 2.22. The van der Waals surface area contributed by atoms with E-state index in [0.717, 1.165) is 43.9 Å². The lowest BCUT2D eigenvalue weighted by Gasteiger charge is -2.16. The van der Waals surface area contributed by atoms with Gasteiger partial charge >= 0.3 is 0 Å². The monoisotopic (exact) mass is 362 g/mol. The van der Waals surface area contributed by atoms with Crippen molar-refractivity contribution >= 4 is 11.7 Å². The molecule has 1 aromatic carbocycles. The number of amides is 1. The van der Waals surface area contributed by atoms with Crippen LogP contribution >= 0.6 is 0 Å². The van der Waals surface area contributed by atoms with Gasteiger partial charge in [0, 0.05) is 31.6 Å². The number of pyridine rings is 1. The molecule has 7 nitrogen and oxygen atoms in total. The minimum atomic E-state index is -0.116. The smallest absolute Gasteiger partial charge is 0.253 e. The predicted octanol–water partition coefficient (Wildman–Crippen LogP) is 1.98. The molecule has 3 N–H and O–H groups in total. The third-order valence-corrected chi connectivity index (χ3v) is 4.91. The number of nitrogens with one attached hydrogen (secondary N) is 1. The molecule has 3 aromatic rings. The van der Waals surface area contributed by atoms with Crippen LogP contribution in [0.2, 0.25) is 0 Å². The third-order valence-electron chi connectivity index (χ3n) is 4.91. The van der Waals surface area contributed by atoms with Gasteiger partial charge < -0.3 is 15.6 Å². The van der Waals surface area contributed by atoms with E-state index in [9.17, 15) is 4.79 Å². The zero-order valence-electron chi connectivity index (χ0n) is 15.0. The second-order valence-corrected chi connectivity index (χ2v) is 6.82. The summed E-state index contributed by atoms with van der Waals surface area (Å²) in [6.07, 6.45) is 4.77.